The predicted molar refractivity (Wildman–Crippen MR) is 54.8 cm³/mol. The van der Waals surface area contributed by atoms with Crippen molar-refractivity contribution in [2.75, 3.05) is 6.54 Å². The van der Waals surface area contributed by atoms with Crippen LogP contribution in [0.2, 0.25) is 0 Å². The number of nitriles is 1. The molecule has 2 unspecified atom stereocenters. The minimum atomic E-state index is 0.343. The molecule has 2 atom stereocenters. The van der Waals surface area contributed by atoms with E-state index in [9.17, 15) is 0 Å². The van der Waals surface area contributed by atoms with Crippen LogP contribution in [-0.4, -0.2) is 21.5 Å². The van der Waals surface area contributed by atoms with Gasteiger partial charge in [0.05, 0.1) is 12.2 Å². The second kappa shape index (κ2) is 4.41. The molecule has 0 saturated heterocycles. The zero-order chi connectivity index (χ0) is 10.7. The van der Waals surface area contributed by atoms with Crippen LogP contribution in [0, 0.1) is 17.2 Å². The number of aromatic nitrogens is 3. The SMILES string of the molecule is N#Cc1cnn(C2CCCC2CCN)n1. The number of rotatable bonds is 3. The normalized spacial score (nSPS) is 25.3. The first kappa shape index (κ1) is 10.1. The fourth-order valence-corrected chi connectivity index (χ4v) is 2.36. The molecule has 5 heteroatoms. The third-order valence-corrected chi connectivity index (χ3v) is 3.08. The maximum absolute atomic E-state index is 8.68. The molecule has 1 fully saturated rings. The average Bonchev–Trinajstić information content (AvgIpc) is 2.85. The lowest BCUT2D eigenvalue weighted by atomic mass is 10.0. The highest BCUT2D eigenvalue weighted by Crippen LogP contribution is 2.36. The summed E-state index contributed by atoms with van der Waals surface area (Å²) in [7, 11) is 0. The largest absolute Gasteiger partial charge is 0.330 e. The molecular formula is C10H15N5. The summed E-state index contributed by atoms with van der Waals surface area (Å²) in [5, 5.41) is 17.0. The van der Waals surface area contributed by atoms with Crippen LogP contribution in [0.1, 0.15) is 37.4 Å². The lowest BCUT2D eigenvalue weighted by molar-refractivity contribution is 0.307. The van der Waals surface area contributed by atoms with E-state index >= 15 is 0 Å². The van der Waals surface area contributed by atoms with Crippen LogP contribution in [-0.2, 0) is 0 Å². The van der Waals surface area contributed by atoms with Crippen molar-refractivity contribution >= 4 is 0 Å². The van der Waals surface area contributed by atoms with E-state index in [0.717, 1.165) is 12.8 Å². The van der Waals surface area contributed by atoms with Crippen molar-refractivity contribution in [3.63, 3.8) is 0 Å². The van der Waals surface area contributed by atoms with Gasteiger partial charge in [0.1, 0.15) is 6.07 Å². The Morgan fingerprint density at radius 3 is 3.13 bits per heavy atom. The summed E-state index contributed by atoms with van der Waals surface area (Å²) in [4.78, 5) is 1.70. The highest BCUT2D eigenvalue weighted by molar-refractivity contribution is 5.12. The molecule has 1 heterocycles. The molecule has 1 saturated carbocycles. The first-order valence-electron chi connectivity index (χ1n) is 5.37. The van der Waals surface area contributed by atoms with E-state index in [2.05, 4.69) is 10.2 Å². The van der Waals surface area contributed by atoms with Gasteiger partial charge in [0.15, 0.2) is 5.69 Å². The van der Waals surface area contributed by atoms with E-state index in [4.69, 9.17) is 11.0 Å². The monoisotopic (exact) mass is 205 g/mol. The van der Waals surface area contributed by atoms with E-state index in [0.29, 0.717) is 24.2 Å². The van der Waals surface area contributed by atoms with E-state index in [-0.39, 0.29) is 0 Å². The Morgan fingerprint density at radius 2 is 2.47 bits per heavy atom. The summed E-state index contributed by atoms with van der Waals surface area (Å²) in [5.74, 6) is 0.578. The van der Waals surface area contributed by atoms with Crippen molar-refractivity contribution in [1.29, 1.82) is 5.26 Å². The smallest absolute Gasteiger partial charge is 0.182 e. The molecule has 2 rings (SSSR count). The first-order chi connectivity index (χ1) is 7.35. The molecule has 1 aliphatic rings. The van der Waals surface area contributed by atoms with E-state index in [1.807, 2.05) is 6.07 Å². The summed E-state index contributed by atoms with van der Waals surface area (Å²) in [6.07, 6.45) is 6.06. The van der Waals surface area contributed by atoms with E-state index in [1.165, 1.54) is 19.0 Å². The van der Waals surface area contributed by atoms with Crippen molar-refractivity contribution in [2.45, 2.75) is 31.7 Å². The van der Waals surface area contributed by atoms with Gasteiger partial charge in [0.2, 0.25) is 0 Å². The molecule has 0 bridgehead atoms. The van der Waals surface area contributed by atoms with Gasteiger partial charge < -0.3 is 5.73 Å². The van der Waals surface area contributed by atoms with Gasteiger partial charge in [-0.1, -0.05) is 6.42 Å². The molecule has 1 aliphatic carbocycles. The number of nitrogens with two attached hydrogens (primary N) is 1. The second-order valence-corrected chi connectivity index (χ2v) is 4.00. The Labute approximate surface area is 88.9 Å². The summed E-state index contributed by atoms with van der Waals surface area (Å²) in [5.41, 5.74) is 5.97. The Hall–Kier alpha value is -1.41. The van der Waals surface area contributed by atoms with Crippen LogP contribution in [0.4, 0.5) is 0 Å². The number of hydrogen-bond donors (Lipinski definition) is 1. The van der Waals surface area contributed by atoms with Gasteiger partial charge >= 0.3 is 0 Å². The lowest BCUT2D eigenvalue weighted by Crippen LogP contribution is -2.19. The van der Waals surface area contributed by atoms with Crippen molar-refractivity contribution in [3.8, 4) is 6.07 Å². The standard InChI is InChI=1S/C10H15N5/c11-5-4-8-2-1-3-10(8)15-13-7-9(6-12)14-15/h7-8,10H,1-5,11H2. The van der Waals surface area contributed by atoms with Crippen LogP contribution in [0.15, 0.2) is 6.20 Å². The Kier molecular flexibility index (Phi) is 2.97. The van der Waals surface area contributed by atoms with Crippen LogP contribution >= 0.6 is 0 Å². The van der Waals surface area contributed by atoms with Gasteiger partial charge in [-0.3, -0.25) is 0 Å². The molecule has 0 radical (unpaired) electrons. The first-order valence-corrected chi connectivity index (χ1v) is 5.37. The maximum Gasteiger partial charge on any atom is 0.182 e. The highest BCUT2D eigenvalue weighted by atomic mass is 15.5. The lowest BCUT2D eigenvalue weighted by Gasteiger charge is -2.17. The van der Waals surface area contributed by atoms with Gasteiger partial charge in [-0.15, -0.1) is 5.10 Å². The van der Waals surface area contributed by atoms with Crippen molar-refractivity contribution in [3.05, 3.63) is 11.9 Å². The Balaban J connectivity index is 2.12. The summed E-state index contributed by atoms with van der Waals surface area (Å²) >= 11 is 0. The minimum Gasteiger partial charge on any atom is -0.330 e. The third kappa shape index (κ3) is 2.00. The Bertz CT molecular complexity index is 364. The van der Waals surface area contributed by atoms with Crippen LogP contribution < -0.4 is 5.73 Å². The fraction of sp³-hybridized carbons (Fsp3) is 0.700. The molecule has 0 aliphatic heterocycles. The molecule has 1 aromatic heterocycles. The average molecular weight is 205 g/mol. The van der Waals surface area contributed by atoms with Crippen molar-refractivity contribution in [1.82, 2.24) is 15.0 Å². The topological polar surface area (TPSA) is 80.5 Å². The summed E-state index contributed by atoms with van der Waals surface area (Å²) in [6, 6.07) is 2.34. The van der Waals surface area contributed by atoms with Gasteiger partial charge in [-0.05, 0) is 31.7 Å². The zero-order valence-electron chi connectivity index (χ0n) is 8.63. The molecule has 80 valence electrons. The highest BCUT2D eigenvalue weighted by Gasteiger charge is 2.29. The minimum absolute atomic E-state index is 0.343. The number of hydrogen-bond acceptors (Lipinski definition) is 4. The van der Waals surface area contributed by atoms with Gasteiger partial charge in [-0.2, -0.15) is 15.2 Å². The van der Waals surface area contributed by atoms with Crippen LogP contribution in [0.5, 0.6) is 0 Å². The van der Waals surface area contributed by atoms with Crippen molar-refractivity contribution < 1.29 is 0 Å². The van der Waals surface area contributed by atoms with Crippen LogP contribution in [0.3, 0.4) is 0 Å². The molecule has 0 amide bonds. The molecule has 0 spiro atoms. The van der Waals surface area contributed by atoms with Gasteiger partial charge in [0.25, 0.3) is 0 Å². The van der Waals surface area contributed by atoms with Crippen molar-refractivity contribution in [2.24, 2.45) is 11.7 Å². The maximum atomic E-state index is 8.68. The summed E-state index contributed by atoms with van der Waals surface area (Å²) in [6.45, 7) is 0.716. The Morgan fingerprint density at radius 1 is 1.60 bits per heavy atom. The molecule has 15 heavy (non-hydrogen) atoms. The van der Waals surface area contributed by atoms with E-state index in [1.54, 1.807) is 4.80 Å². The summed E-state index contributed by atoms with van der Waals surface area (Å²) < 4.78 is 0. The molecular weight excluding hydrogens is 190 g/mol. The molecule has 1 aromatic rings. The molecule has 2 N–H and O–H groups in total. The van der Waals surface area contributed by atoms with Gasteiger partial charge in [0, 0.05) is 0 Å². The van der Waals surface area contributed by atoms with Crippen LogP contribution in [0.25, 0.3) is 0 Å². The van der Waals surface area contributed by atoms with E-state index < -0.39 is 0 Å². The second-order valence-electron chi connectivity index (χ2n) is 4.00. The number of nitrogens with zero attached hydrogens (tertiary/aromatic N) is 4. The fourth-order valence-electron chi connectivity index (χ4n) is 2.36. The molecule has 5 nitrogen and oxygen atoms in total. The van der Waals surface area contributed by atoms with Gasteiger partial charge in [-0.25, -0.2) is 0 Å². The third-order valence-electron chi connectivity index (χ3n) is 3.08. The zero-order valence-corrected chi connectivity index (χ0v) is 8.63. The predicted octanol–water partition coefficient (Wildman–Crippen LogP) is 0.840. The molecule has 0 aromatic carbocycles. The quantitative estimate of drug-likeness (QED) is 0.792.